The van der Waals surface area contributed by atoms with E-state index >= 15 is 0 Å². The molecule has 120 valence electrons. The van der Waals surface area contributed by atoms with Gasteiger partial charge in [-0.2, -0.15) is 5.10 Å². The van der Waals surface area contributed by atoms with Crippen LogP contribution in [0.5, 0.6) is 0 Å². The van der Waals surface area contributed by atoms with E-state index in [2.05, 4.69) is 15.7 Å². The van der Waals surface area contributed by atoms with Gasteiger partial charge in [0.05, 0.1) is 11.9 Å². The third kappa shape index (κ3) is 4.69. The summed E-state index contributed by atoms with van der Waals surface area (Å²) in [5.74, 6) is -0.456. The van der Waals surface area contributed by atoms with Gasteiger partial charge in [0.2, 0.25) is 11.8 Å². The largest absolute Gasteiger partial charge is 0.358 e. The van der Waals surface area contributed by atoms with Crippen molar-refractivity contribution in [2.75, 3.05) is 12.4 Å². The average molecular weight is 333 g/mol. The lowest BCUT2D eigenvalue weighted by molar-refractivity contribution is -0.121. The van der Waals surface area contributed by atoms with Crippen molar-refractivity contribution in [1.29, 1.82) is 0 Å². The Bertz CT molecular complexity index is 752. The number of amides is 2. The van der Waals surface area contributed by atoms with Crippen LogP contribution in [0.25, 0.3) is 5.57 Å². The summed E-state index contributed by atoms with van der Waals surface area (Å²) in [7, 11) is 1.55. The van der Waals surface area contributed by atoms with Gasteiger partial charge in [-0.15, -0.1) is 0 Å². The lowest BCUT2D eigenvalue weighted by Crippen LogP contribution is -2.23. The molecule has 6 nitrogen and oxygen atoms in total. The van der Waals surface area contributed by atoms with Crippen LogP contribution >= 0.6 is 11.6 Å². The summed E-state index contributed by atoms with van der Waals surface area (Å²) in [5, 5.41) is 9.80. The molecule has 2 N–H and O–H groups in total. The van der Waals surface area contributed by atoms with Gasteiger partial charge >= 0.3 is 0 Å². The fourth-order valence-corrected chi connectivity index (χ4v) is 2.26. The molecule has 0 spiro atoms. The molecule has 0 radical (unpaired) electrons. The number of carbonyl (C=O) groups excluding carboxylic acids is 2. The minimum atomic E-state index is -0.290. The van der Waals surface area contributed by atoms with Gasteiger partial charge in [-0.25, -0.2) is 0 Å². The molecule has 0 saturated heterocycles. The second-order valence-corrected chi connectivity index (χ2v) is 5.30. The summed E-state index contributed by atoms with van der Waals surface area (Å²) in [6.45, 7) is 1.91. The Kier molecular flexibility index (Phi) is 5.54. The highest BCUT2D eigenvalue weighted by molar-refractivity contribution is 6.32. The zero-order valence-electron chi connectivity index (χ0n) is 12.8. The van der Waals surface area contributed by atoms with E-state index in [1.54, 1.807) is 19.3 Å². The van der Waals surface area contributed by atoms with Gasteiger partial charge in [0.15, 0.2) is 0 Å². The Hall–Kier alpha value is -2.60. The van der Waals surface area contributed by atoms with Gasteiger partial charge < -0.3 is 10.6 Å². The number of hydrogen-bond acceptors (Lipinski definition) is 3. The van der Waals surface area contributed by atoms with Crippen LogP contribution < -0.4 is 10.6 Å². The molecule has 0 saturated carbocycles. The molecule has 0 bridgehead atoms. The van der Waals surface area contributed by atoms with E-state index in [0.29, 0.717) is 10.7 Å². The molecule has 2 amide bonds. The van der Waals surface area contributed by atoms with Gasteiger partial charge in [0, 0.05) is 24.3 Å². The normalized spacial score (nSPS) is 11.2. The Morgan fingerprint density at radius 2 is 2.09 bits per heavy atom. The van der Waals surface area contributed by atoms with E-state index in [1.807, 2.05) is 25.1 Å². The van der Waals surface area contributed by atoms with Crippen molar-refractivity contribution < 1.29 is 9.59 Å². The SMILES string of the molecule is CNC(=O)Cn1cc(NC(=O)C=C(C)c2ccccc2Cl)cn1. The first-order chi connectivity index (χ1) is 11.0. The Labute approximate surface area is 139 Å². The van der Waals surface area contributed by atoms with Crippen LogP contribution in [0.4, 0.5) is 5.69 Å². The number of hydrogen-bond donors (Lipinski definition) is 2. The molecule has 2 rings (SSSR count). The number of benzene rings is 1. The molecule has 1 heterocycles. The van der Waals surface area contributed by atoms with Crippen LogP contribution in [0, 0.1) is 0 Å². The van der Waals surface area contributed by atoms with E-state index < -0.39 is 0 Å². The van der Waals surface area contributed by atoms with Gasteiger partial charge in [-0.3, -0.25) is 14.3 Å². The Morgan fingerprint density at radius 3 is 2.78 bits per heavy atom. The molecule has 0 aliphatic carbocycles. The minimum Gasteiger partial charge on any atom is -0.358 e. The monoisotopic (exact) mass is 332 g/mol. The quantitative estimate of drug-likeness (QED) is 0.825. The number of allylic oxidation sites excluding steroid dienone is 1. The zero-order valence-corrected chi connectivity index (χ0v) is 13.6. The summed E-state index contributed by atoms with van der Waals surface area (Å²) in [6, 6.07) is 7.32. The second-order valence-electron chi connectivity index (χ2n) is 4.90. The first kappa shape index (κ1) is 16.8. The number of aromatic nitrogens is 2. The van der Waals surface area contributed by atoms with Crippen LogP contribution in [0.2, 0.25) is 5.02 Å². The first-order valence-electron chi connectivity index (χ1n) is 6.97. The molecule has 2 aromatic rings. The molecule has 23 heavy (non-hydrogen) atoms. The topological polar surface area (TPSA) is 76.0 Å². The number of anilines is 1. The molecule has 1 aromatic carbocycles. The number of carbonyl (C=O) groups is 2. The summed E-state index contributed by atoms with van der Waals surface area (Å²) in [6.07, 6.45) is 4.54. The maximum Gasteiger partial charge on any atom is 0.248 e. The van der Waals surface area contributed by atoms with Crippen molar-refractivity contribution in [3.63, 3.8) is 0 Å². The van der Waals surface area contributed by atoms with Crippen molar-refractivity contribution in [2.24, 2.45) is 0 Å². The molecule has 7 heteroatoms. The lowest BCUT2D eigenvalue weighted by Gasteiger charge is -2.04. The van der Waals surface area contributed by atoms with E-state index in [9.17, 15) is 9.59 Å². The van der Waals surface area contributed by atoms with Crippen LogP contribution in [0.3, 0.4) is 0 Å². The fourth-order valence-electron chi connectivity index (χ4n) is 1.97. The number of nitrogens with one attached hydrogen (secondary N) is 2. The van der Waals surface area contributed by atoms with Gasteiger partial charge in [-0.05, 0) is 24.1 Å². The summed E-state index contributed by atoms with van der Waals surface area (Å²) < 4.78 is 1.44. The van der Waals surface area contributed by atoms with E-state index in [4.69, 9.17) is 11.6 Å². The number of nitrogens with zero attached hydrogens (tertiary/aromatic N) is 2. The first-order valence-corrected chi connectivity index (χ1v) is 7.34. The third-order valence-electron chi connectivity index (χ3n) is 3.13. The van der Waals surface area contributed by atoms with Crippen LogP contribution in [0.15, 0.2) is 42.7 Å². The van der Waals surface area contributed by atoms with Crippen molar-refractivity contribution in [2.45, 2.75) is 13.5 Å². The summed E-state index contributed by atoms with van der Waals surface area (Å²) in [4.78, 5) is 23.3. The number of rotatable bonds is 5. The molecule has 0 fully saturated rings. The maximum atomic E-state index is 12.0. The predicted molar refractivity (Wildman–Crippen MR) is 90.0 cm³/mol. The molecular formula is C16H17ClN4O2. The second kappa shape index (κ2) is 7.60. The van der Waals surface area contributed by atoms with Gasteiger partial charge in [-0.1, -0.05) is 29.8 Å². The summed E-state index contributed by atoms with van der Waals surface area (Å²) >= 11 is 6.10. The standard InChI is InChI=1S/C16H17ClN4O2/c1-11(13-5-3-4-6-14(13)17)7-15(22)20-12-8-19-21(9-12)10-16(23)18-2/h3-9H,10H2,1-2H3,(H,18,23)(H,20,22). The number of likely N-dealkylation sites (N-methyl/N-ethyl adjacent to an activating group) is 1. The third-order valence-corrected chi connectivity index (χ3v) is 3.46. The van der Waals surface area contributed by atoms with Crippen molar-refractivity contribution in [3.8, 4) is 0 Å². The van der Waals surface area contributed by atoms with Crippen LogP contribution in [-0.2, 0) is 16.1 Å². The van der Waals surface area contributed by atoms with Crippen LogP contribution in [-0.4, -0.2) is 28.6 Å². The highest BCUT2D eigenvalue weighted by Gasteiger charge is 2.07. The van der Waals surface area contributed by atoms with E-state index in [0.717, 1.165) is 11.1 Å². The fraction of sp³-hybridized carbons (Fsp3) is 0.188. The molecular weight excluding hydrogens is 316 g/mol. The highest BCUT2D eigenvalue weighted by Crippen LogP contribution is 2.23. The van der Waals surface area contributed by atoms with E-state index in [-0.39, 0.29) is 18.4 Å². The predicted octanol–water partition coefficient (Wildman–Crippen LogP) is 2.32. The molecule has 0 aliphatic heterocycles. The van der Waals surface area contributed by atoms with E-state index in [1.165, 1.54) is 17.0 Å². The minimum absolute atomic E-state index is 0.0981. The van der Waals surface area contributed by atoms with Crippen molar-refractivity contribution in [3.05, 3.63) is 53.3 Å². The molecule has 1 aromatic heterocycles. The number of halogens is 1. The average Bonchev–Trinajstić information content (AvgIpc) is 2.94. The lowest BCUT2D eigenvalue weighted by atomic mass is 10.1. The van der Waals surface area contributed by atoms with Crippen LogP contribution in [0.1, 0.15) is 12.5 Å². The molecule has 0 unspecified atom stereocenters. The highest BCUT2D eigenvalue weighted by atomic mass is 35.5. The maximum absolute atomic E-state index is 12.0. The zero-order chi connectivity index (χ0) is 16.8. The summed E-state index contributed by atoms with van der Waals surface area (Å²) in [5.41, 5.74) is 2.08. The van der Waals surface area contributed by atoms with Crippen molar-refractivity contribution >= 4 is 34.7 Å². The van der Waals surface area contributed by atoms with Gasteiger partial charge in [0.1, 0.15) is 6.54 Å². The Balaban J connectivity index is 2.03. The smallest absolute Gasteiger partial charge is 0.248 e. The molecule has 0 aliphatic rings. The Morgan fingerprint density at radius 1 is 1.35 bits per heavy atom. The van der Waals surface area contributed by atoms with Crippen molar-refractivity contribution in [1.82, 2.24) is 15.1 Å². The van der Waals surface area contributed by atoms with Gasteiger partial charge in [0.25, 0.3) is 0 Å². The molecule has 0 atom stereocenters.